The molecule has 2 unspecified atom stereocenters. The van der Waals surface area contributed by atoms with Crippen molar-refractivity contribution in [2.75, 3.05) is 0 Å². The van der Waals surface area contributed by atoms with E-state index < -0.39 is 15.4 Å². The van der Waals surface area contributed by atoms with Gasteiger partial charge >= 0.3 is 0 Å². The number of aliphatic hydroxyl groups excluding tert-OH is 1. The zero-order valence-corrected chi connectivity index (χ0v) is 13.2. The molecule has 0 radical (unpaired) electrons. The fourth-order valence-corrected chi connectivity index (χ4v) is 3.22. The van der Waals surface area contributed by atoms with E-state index in [1.54, 1.807) is 0 Å². The second-order valence-corrected chi connectivity index (χ2v) is 7.06. The summed E-state index contributed by atoms with van der Waals surface area (Å²) in [5.41, 5.74) is 0. The Bertz CT molecular complexity index is 301. The molecule has 0 aliphatic carbocycles. The molecule has 4 nitrogen and oxygen atoms in total. The van der Waals surface area contributed by atoms with Crippen LogP contribution in [-0.2, 0) is 10.1 Å². The highest BCUT2D eigenvalue weighted by molar-refractivity contribution is 7.86. The Hall–Kier alpha value is -0.130. The Labute approximate surface area is 118 Å². The Morgan fingerprint density at radius 3 is 1.84 bits per heavy atom. The van der Waals surface area contributed by atoms with Gasteiger partial charge in [-0.15, -0.1) is 0 Å². The number of rotatable bonds is 12. The topological polar surface area (TPSA) is 74.6 Å². The van der Waals surface area contributed by atoms with E-state index in [-0.39, 0.29) is 6.10 Å². The Balaban J connectivity index is 3.93. The van der Waals surface area contributed by atoms with Gasteiger partial charge in [-0.3, -0.25) is 4.55 Å². The molecule has 116 valence electrons. The molecule has 0 aromatic carbocycles. The third-order valence-corrected chi connectivity index (χ3v) is 4.80. The van der Waals surface area contributed by atoms with Gasteiger partial charge in [0.15, 0.2) is 0 Å². The summed E-state index contributed by atoms with van der Waals surface area (Å²) < 4.78 is 31.7. The molecule has 2 N–H and O–H groups in total. The van der Waals surface area contributed by atoms with Gasteiger partial charge in [-0.2, -0.15) is 8.42 Å². The van der Waals surface area contributed by atoms with Crippen LogP contribution in [0.25, 0.3) is 0 Å². The molecule has 0 saturated heterocycles. The van der Waals surface area contributed by atoms with Gasteiger partial charge in [-0.25, -0.2) is 0 Å². The van der Waals surface area contributed by atoms with Crippen LogP contribution in [0.1, 0.15) is 78.1 Å². The van der Waals surface area contributed by atoms with Crippen molar-refractivity contribution in [2.45, 2.75) is 89.4 Å². The zero-order chi connectivity index (χ0) is 14.7. The number of unbranched alkanes of at least 4 members (excludes halogenated alkanes) is 3. The van der Waals surface area contributed by atoms with E-state index >= 15 is 0 Å². The minimum atomic E-state index is -3.92. The molecule has 0 aromatic heterocycles. The summed E-state index contributed by atoms with van der Waals surface area (Å²) in [7, 11) is -3.92. The second kappa shape index (κ2) is 10.6. The van der Waals surface area contributed by atoms with Crippen LogP contribution in [0, 0.1) is 0 Å². The number of aliphatic hydroxyl groups is 1. The van der Waals surface area contributed by atoms with Crippen LogP contribution in [0.15, 0.2) is 0 Å². The maximum absolute atomic E-state index is 11.3. The highest BCUT2D eigenvalue weighted by Gasteiger charge is 2.21. The third-order valence-electron chi connectivity index (χ3n) is 3.49. The summed E-state index contributed by atoms with van der Waals surface area (Å²) in [5, 5.41) is 8.96. The van der Waals surface area contributed by atoms with Crippen LogP contribution in [0.3, 0.4) is 0 Å². The molecule has 0 spiro atoms. The fraction of sp³-hybridized carbons (Fsp3) is 1.00. The standard InChI is InChI=1S/C14H30O4S/c1-3-5-6-11-14(19(16,17)18)12-8-7-10-13(15)9-4-2/h13-15H,3-12H2,1-2H3,(H,16,17,18). The third kappa shape index (κ3) is 10.3. The van der Waals surface area contributed by atoms with Gasteiger partial charge in [0.05, 0.1) is 11.4 Å². The Morgan fingerprint density at radius 2 is 1.37 bits per heavy atom. The van der Waals surface area contributed by atoms with E-state index in [4.69, 9.17) is 0 Å². The molecule has 0 aliphatic rings. The lowest BCUT2D eigenvalue weighted by atomic mass is 10.0. The van der Waals surface area contributed by atoms with E-state index in [0.29, 0.717) is 12.8 Å². The first kappa shape index (κ1) is 18.9. The van der Waals surface area contributed by atoms with E-state index in [2.05, 4.69) is 6.92 Å². The normalized spacial score (nSPS) is 15.4. The van der Waals surface area contributed by atoms with Crippen molar-refractivity contribution in [1.82, 2.24) is 0 Å². The summed E-state index contributed by atoms with van der Waals surface area (Å²) >= 11 is 0. The van der Waals surface area contributed by atoms with Gasteiger partial charge in [-0.05, 0) is 25.7 Å². The molecule has 19 heavy (non-hydrogen) atoms. The maximum atomic E-state index is 11.3. The Morgan fingerprint density at radius 1 is 0.842 bits per heavy atom. The van der Waals surface area contributed by atoms with Crippen molar-refractivity contribution in [3.8, 4) is 0 Å². The quantitative estimate of drug-likeness (QED) is 0.426. The molecular weight excluding hydrogens is 264 g/mol. The molecule has 0 aliphatic heterocycles. The average Bonchev–Trinajstić information content (AvgIpc) is 2.31. The van der Waals surface area contributed by atoms with Crippen LogP contribution in [0.5, 0.6) is 0 Å². The van der Waals surface area contributed by atoms with Crippen LogP contribution in [0.2, 0.25) is 0 Å². The lowest BCUT2D eigenvalue weighted by molar-refractivity contribution is 0.150. The van der Waals surface area contributed by atoms with E-state index in [0.717, 1.165) is 51.4 Å². The smallest absolute Gasteiger partial charge is 0.267 e. The molecule has 0 amide bonds. The molecular formula is C14H30O4S. The molecule has 0 saturated carbocycles. The molecule has 0 fully saturated rings. The van der Waals surface area contributed by atoms with Gasteiger partial charge in [0.1, 0.15) is 0 Å². The SMILES string of the molecule is CCCCCC(CCCCC(O)CCC)S(=O)(=O)O. The highest BCUT2D eigenvalue weighted by atomic mass is 32.2. The van der Waals surface area contributed by atoms with Crippen LogP contribution in [-0.4, -0.2) is 29.4 Å². The summed E-state index contributed by atoms with van der Waals surface area (Å²) in [6.07, 6.45) is 7.73. The predicted molar refractivity (Wildman–Crippen MR) is 78.9 cm³/mol. The van der Waals surface area contributed by atoms with Crippen LogP contribution >= 0.6 is 0 Å². The van der Waals surface area contributed by atoms with E-state index in [9.17, 15) is 18.1 Å². The van der Waals surface area contributed by atoms with Crippen molar-refractivity contribution < 1.29 is 18.1 Å². The summed E-state index contributed by atoms with van der Waals surface area (Å²) in [6.45, 7) is 4.10. The zero-order valence-electron chi connectivity index (χ0n) is 12.3. The predicted octanol–water partition coefficient (Wildman–Crippen LogP) is 3.54. The average molecular weight is 294 g/mol. The molecule has 5 heteroatoms. The van der Waals surface area contributed by atoms with Gasteiger partial charge in [0, 0.05) is 0 Å². The van der Waals surface area contributed by atoms with E-state index in [1.807, 2.05) is 6.92 Å². The minimum Gasteiger partial charge on any atom is -0.393 e. The summed E-state index contributed by atoms with van der Waals surface area (Å²) in [6, 6.07) is 0. The van der Waals surface area contributed by atoms with Crippen molar-refractivity contribution in [3.63, 3.8) is 0 Å². The van der Waals surface area contributed by atoms with Gasteiger partial charge in [0.25, 0.3) is 10.1 Å². The monoisotopic (exact) mass is 294 g/mol. The van der Waals surface area contributed by atoms with Crippen molar-refractivity contribution in [2.24, 2.45) is 0 Å². The Kier molecular flexibility index (Phi) is 10.6. The van der Waals surface area contributed by atoms with Crippen molar-refractivity contribution in [1.29, 1.82) is 0 Å². The molecule has 0 bridgehead atoms. The maximum Gasteiger partial charge on any atom is 0.267 e. The molecule has 0 aromatic rings. The summed E-state index contributed by atoms with van der Waals surface area (Å²) in [4.78, 5) is 0. The minimum absolute atomic E-state index is 0.269. The van der Waals surface area contributed by atoms with Gasteiger partial charge in [-0.1, -0.05) is 52.4 Å². The molecule has 0 heterocycles. The van der Waals surface area contributed by atoms with Gasteiger partial charge in [0.2, 0.25) is 0 Å². The van der Waals surface area contributed by atoms with Crippen molar-refractivity contribution in [3.05, 3.63) is 0 Å². The lowest BCUT2D eigenvalue weighted by Crippen LogP contribution is -2.20. The van der Waals surface area contributed by atoms with Crippen LogP contribution in [0.4, 0.5) is 0 Å². The molecule has 0 rings (SSSR count). The molecule has 2 atom stereocenters. The highest BCUT2D eigenvalue weighted by Crippen LogP contribution is 2.18. The number of hydrogen-bond acceptors (Lipinski definition) is 3. The second-order valence-electron chi connectivity index (χ2n) is 5.36. The summed E-state index contributed by atoms with van der Waals surface area (Å²) in [5.74, 6) is 0. The first-order valence-electron chi connectivity index (χ1n) is 7.56. The van der Waals surface area contributed by atoms with E-state index in [1.165, 1.54) is 0 Å². The first-order chi connectivity index (χ1) is 8.91. The first-order valence-corrected chi connectivity index (χ1v) is 9.06. The lowest BCUT2D eigenvalue weighted by Gasteiger charge is -2.14. The number of hydrogen-bond donors (Lipinski definition) is 2. The largest absolute Gasteiger partial charge is 0.393 e. The van der Waals surface area contributed by atoms with Crippen molar-refractivity contribution >= 4 is 10.1 Å². The van der Waals surface area contributed by atoms with Crippen LogP contribution < -0.4 is 0 Å². The fourth-order valence-electron chi connectivity index (χ4n) is 2.29. The van der Waals surface area contributed by atoms with Gasteiger partial charge < -0.3 is 5.11 Å².